The topological polar surface area (TPSA) is 72.3 Å². The number of nitrogens with one attached hydrogen (secondary N) is 1. The molecule has 0 bridgehead atoms. The molecule has 29 heavy (non-hydrogen) atoms. The van der Waals surface area contributed by atoms with Crippen molar-refractivity contribution in [2.75, 3.05) is 36.0 Å². The van der Waals surface area contributed by atoms with Gasteiger partial charge in [-0.25, -0.2) is 4.98 Å². The van der Waals surface area contributed by atoms with Crippen LogP contribution in [0.3, 0.4) is 0 Å². The Labute approximate surface area is 176 Å². The number of nitrogens with zero attached hydrogens (tertiary/aromatic N) is 4. The lowest BCUT2D eigenvalue weighted by atomic mass is 10.0. The zero-order valence-corrected chi connectivity index (χ0v) is 17.0. The molecule has 1 aromatic heterocycles. The molecule has 0 aliphatic carbocycles. The minimum Gasteiger partial charge on any atom is -0.371 e. The lowest BCUT2D eigenvalue weighted by Gasteiger charge is -2.34. The third-order valence-corrected chi connectivity index (χ3v) is 5.86. The van der Waals surface area contributed by atoms with E-state index in [1.165, 1.54) is 0 Å². The summed E-state index contributed by atoms with van der Waals surface area (Å²) in [5.74, 6) is 0.697. The van der Waals surface area contributed by atoms with Gasteiger partial charge in [0, 0.05) is 43.5 Å². The molecule has 2 aliphatic heterocycles. The highest BCUT2D eigenvalue weighted by Crippen LogP contribution is 2.23. The monoisotopic (exact) mass is 409 g/mol. The second-order valence-electron chi connectivity index (χ2n) is 7.62. The Morgan fingerprint density at radius 2 is 1.76 bits per heavy atom. The fourth-order valence-corrected chi connectivity index (χ4v) is 4.22. The van der Waals surface area contributed by atoms with E-state index in [-0.39, 0.29) is 11.9 Å². The third kappa shape index (κ3) is 4.63. The number of piperidine rings is 1. The van der Waals surface area contributed by atoms with Crippen LogP contribution in [-0.2, 0) is 0 Å². The molecule has 3 heterocycles. The zero-order chi connectivity index (χ0) is 20.2. The molecule has 150 valence electrons. The highest BCUT2D eigenvalue weighted by molar-refractivity contribution is 6.29. The highest BCUT2D eigenvalue weighted by Gasteiger charge is 2.23. The van der Waals surface area contributed by atoms with Gasteiger partial charge in [-0.2, -0.15) is 5.26 Å². The van der Waals surface area contributed by atoms with Gasteiger partial charge in [0.2, 0.25) is 0 Å². The normalized spacial score (nSPS) is 17.2. The number of pyridine rings is 1. The summed E-state index contributed by atoms with van der Waals surface area (Å²) < 4.78 is 0. The summed E-state index contributed by atoms with van der Waals surface area (Å²) in [6, 6.07) is 13.4. The minimum absolute atomic E-state index is 0.0911. The minimum atomic E-state index is -0.0911. The molecule has 4 rings (SSSR count). The first-order chi connectivity index (χ1) is 14.1. The summed E-state index contributed by atoms with van der Waals surface area (Å²) in [5, 5.41) is 12.4. The Balaban J connectivity index is 1.35. The molecule has 2 aromatic rings. The van der Waals surface area contributed by atoms with Gasteiger partial charge in [0.25, 0.3) is 5.91 Å². The van der Waals surface area contributed by atoms with Gasteiger partial charge in [-0.15, -0.1) is 0 Å². The van der Waals surface area contributed by atoms with Crippen LogP contribution in [0.25, 0.3) is 0 Å². The number of benzene rings is 1. The fraction of sp³-hybridized carbons (Fsp3) is 0.409. The second kappa shape index (κ2) is 8.71. The van der Waals surface area contributed by atoms with Crippen LogP contribution >= 0.6 is 11.6 Å². The van der Waals surface area contributed by atoms with E-state index in [0.717, 1.165) is 63.4 Å². The van der Waals surface area contributed by atoms with Gasteiger partial charge in [0.05, 0.1) is 11.6 Å². The van der Waals surface area contributed by atoms with Gasteiger partial charge in [-0.1, -0.05) is 11.6 Å². The van der Waals surface area contributed by atoms with Crippen LogP contribution in [0.1, 0.15) is 41.6 Å². The summed E-state index contributed by atoms with van der Waals surface area (Å²) in [7, 11) is 0. The molecular formula is C22H24ClN5O. The predicted octanol–water partition coefficient (Wildman–Crippen LogP) is 3.61. The largest absolute Gasteiger partial charge is 0.371 e. The molecule has 0 unspecified atom stereocenters. The average Bonchev–Trinajstić information content (AvgIpc) is 3.29. The van der Waals surface area contributed by atoms with Crippen molar-refractivity contribution >= 4 is 29.0 Å². The van der Waals surface area contributed by atoms with Crippen LogP contribution in [-0.4, -0.2) is 43.1 Å². The van der Waals surface area contributed by atoms with E-state index in [1.807, 2.05) is 30.3 Å². The van der Waals surface area contributed by atoms with Crippen LogP contribution in [0.15, 0.2) is 36.4 Å². The third-order valence-electron chi connectivity index (χ3n) is 5.66. The van der Waals surface area contributed by atoms with Crippen LogP contribution in [0.4, 0.5) is 11.5 Å². The first-order valence-corrected chi connectivity index (χ1v) is 10.5. The molecule has 0 radical (unpaired) electrons. The van der Waals surface area contributed by atoms with Crippen molar-refractivity contribution < 1.29 is 4.79 Å². The van der Waals surface area contributed by atoms with Gasteiger partial charge in [-0.3, -0.25) is 4.79 Å². The highest BCUT2D eigenvalue weighted by atomic mass is 35.5. The number of anilines is 2. The Morgan fingerprint density at radius 1 is 1.07 bits per heavy atom. The Kier molecular flexibility index (Phi) is 5.86. The van der Waals surface area contributed by atoms with Crippen LogP contribution in [0, 0.1) is 11.3 Å². The number of hydrogen-bond donors (Lipinski definition) is 1. The van der Waals surface area contributed by atoms with Crippen LogP contribution in [0.5, 0.6) is 0 Å². The molecule has 6 nitrogen and oxygen atoms in total. The van der Waals surface area contributed by atoms with E-state index >= 15 is 0 Å². The van der Waals surface area contributed by atoms with Gasteiger partial charge in [0.15, 0.2) is 0 Å². The predicted molar refractivity (Wildman–Crippen MR) is 115 cm³/mol. The zero-order valence-electron chi connectivity index (χ0n) is 16.3. The lowest BCUT2D eigenvalue weighted by Crippen LogP contribution is -2.44. The quantitative estimate of drug-likeness (QED) is 0.781. The fourth-order valence-electron chi connectivity index (χ4n) is 4.02. The van der Waals surface area contributed by atoms with Crippen LogP contribution < -0.4 is 15.1 Å². The Hall–Kier alpha value is -2.78. The Bertz CT molecular complexity index is 910. The second-order valence-corrected chi connectivity index (χ2v) is 8.01. The Morgan fingerprint density at radius 3 is 2.41 bits per heavy atom. The smallest absolute Gasteiger partial charge is 0.251 e. The number of amides is 1. The maximum absolute atomic E-state index is 12.8. The van der Waals surface area contributed by atoms with Gasteiger partial charge < -0.3 is 15.1 Å². The van der Waals surface area contributed by atoms with E-state index in [4.69, 9.17) is 16.9 Å². The molecule has 0 saturated carbocycles. The number of carbonyl (C=O) groups is 1. The molecule has 1 amide bonds. The number of hydrogen-bond acceptors (Lipinski definition) is 5. The summed E-state index contributed by atoms with van der Waals surface area (Å²) in [6.07, 6.45) is 4.05. The number of aromatic nitrogens is 1. The van der Waals surface area contributed by atoms with Gasteiger partial charge in [-0.05, 0) is 62.1 Å². The molecular weight excluding hydrogens is 386 g/mol. The van der Waals surface area contributed by atoms with E-state index in [9.17, 15) is 4.79 Å². The summed E-state index contributed by atoms with van der Waals surface area (Å²) in [4.78, 5) is 21.6. The summed E-state index contributed by atoms with van der Waals surface area (Å²) >= 11 is 6.18. The van der Waals surface area contributed by atoms with Crippen molar-refractivity contribution in [1.82, 2.24) is 10.3 Å². The van der Waals surface area contributed by atoms with Gasteiger partial charge >= 0.3 is 0 Å². The maximum atomic E-state index is 12.8. The molecule has 2 fully saturated rings. The molecule has 2 aliphatic rings. The lowest BCUT2D eigenvalue weighted by molar-refractivity contribution is 0.0931. The first kappa shape index (κ1) is 19.5. The van der Waals surface area contributed by atoms with Gasteiger partial charge in [0.1, 0.15) is 11.0 Å². The van der Waals surface area contributed by atoms with Crippen LogP contribution in [0.2, 0.25) is 5.15 Å². The average molecular weight is 410 g/mol. The number of rotatable bonds is 4. The van der Waals surface area contributed by atoms with Crippen molar-refractivity contribution in [3.8, 4) is 6.07 Å². The number of nitriles is 1. The molecule has 1 N–H and O–H groups in total. The molecule has 1 aromatic carbocycles. The van der Waals surface area contributed by atoms with E-state index < -0.39 is 0 Å². The van der Waals surface area contributed by atoms with Crippen molar-refractivity contribution in [3.05, 3.63) is 52.7 Å². The summed E-state index contributed by atoms with van der Waals surface area (Å²) in [5.41, 5.74) is 2.35. The first-order valence-electron chi connectivity index (χ1n) is 10.1. The number of carbonyl (C=O) groups excluding carboxylic acids is 1. The van der Waals surface area contributed by atoms with Crippen molar-refractivity contribution in [3.63, 3.8) is 0 Å². The van der Waals surface area contributed by atoms with E-state index in [1.54, 1.807) is 6.07 Å². The van der Waals surface area contributed by atoms with Crippen molar-refractivity contribution in [1.29, 1.82) is 5.26 Å². The van der Waals surface area contributed by atoms with Crippen molar-refractivity contribution in [2.45, 2.75) is 31.7 Å². The summed E-state index contributed by atoms with van der Waals surface area (Å²) in [6.45, 7) is 3.66. The molecule has 0 atom stereocenters. The number of halogens is 1. The van der Waals surface area contributed by atoms with E-state index in [0.29, 0.717) is 16.3 Å². The van der Waals surface area contributed by atoms with Crippen molar-refractivity contribution in [2.24, 2.45) is 0 Å². The standard InChI is InChI=1S/C22H24ClN5O/c23-20-13-17(14-21(26-20)28-9-1-2-10-28)22(29)25-18-7-11-27(12-8-18)19-5-3-16(15-24)4-6-19/h3-6,13-14,18H,1-2,7-12H2,(H,25,29). The molecule has 2 saturated heterocycles. The maximum Gasteiger partial charge on any atom is 0.251 e. The van der Waals surface area contributed by atoms with E-state index in [2.05, 4.69) is 26.2 Å². The molecule has 7 heteroatoms. The molecule has 0 spiro atoms. The SMILES string of the molecule is N#Cc1ccc(N2CCC(NC(=O)c3cc(Cl)nc(N4CCCC4)c3)CC2)cc1.